The zero-order valence-electron chi connectivity index (χ0n) is 14.5. The fourth-order valence-corrected chi connectivity index (χ4v) is 4.24. The predicted molar refractivity (Wildman–Crippen MR) is 92.7 cm³/mol. The minimum absolute atomic E-state index is 0.212. The van der Waals surface area contributed by atoms with Gasteiger partial charge < -0.3 is 9.64 Å². The minimum Gasteiger partial charge on any atom is -0.370 e. The van der Waals surface area contributed by atoms with Gasteiger partial charge >= 0.3 is 0 Å². The van der Waals surface area contributed by atoms with Gasteiger partial charge in [0.1, 0.15) is 5.82 Å². The molecule has 0 bridgehead atoms. The summed E-state index contributed by atoms with van der Waals surface area (Å²) in [6.45, 7) is 8.96. The van der Waals surface area contributed by atoms with Crippen LogP contribution in [0, 0.1) is 24.2 Å². The highest BCUT2D eigenvalue weighted by Gasteiger charge is 2.50. The molecule has 1 aliphatic heterocycles. The van der Waals surface area contributed by atoms with Crippen molar-refractivity contribution in [3.63, 3.8) is 0 Å². The Balaban J connectivity index is 1.90. The van der Waals surface area contributed by atoms with Crippen LogP contribution in [0.25, 0.3) is 4.85 Å². The molecule has 2 aliphatic rings. The van der Waals surface area contributed by atoms with E-state index in [0.717, 1.165) is 43.5 Å². The fraction of sp³-hybridized carbons (Fsp3) is 0.550. The second-order valence-corrected chi connectivity index (χ2v) is 7.23. The maximum absolute atomic E-state index is 13.4. The fourth-order valence-electron chi connectivity index (χ4n) is 4.24. The average Bonchev–Trinajstić information content (AvgIpc) is 2.94. The van der Waals surface area contributed by atoms with E-state index in [4.69, 9.17) is 11.3 Å². The second kappa shape index (κ2) is 7.04. The first-order valence-corrected chi connectivity index (χ1v) is 8.66. The summed E-state index contributed by atoms with van der Waals surface area (Å²) < 4.78 is 19.8. The van der Waals surface area contributed by atoms with Crippen LogP contribution in [0.4, 0.5) is 4.39 Å². The standard InChI is InChI=1S/C20H25FN2O/c1-22-18-9-10-19-15(13-18)14-24-20(19,11-4-12-23(2)3)16-5-7-17(21)8-6-16/h5-9,15,19H,4,10-14H2,2-3H3. The molecule has 1 heterocycles. The van der Waals surface area contributed by atoms with Crippen LogP contribution in [0.15, 0.2) is 36.0 Å². The smallest absolute Gasteiger partial charge is 0.162 e. The van der Waals surface area contributed by atoms with Gasteiger partial charge in [-0.05, 0) is 75.9 Å². The number of benzene rings is 1. The number of ether oxygens (including phenoxy) is 1. The monoisotopic (exact) mass is 328 g/mol. The molecule has 0 radical (unpaired) electrons. The minimum atomic E-state index is -0.349. The van der Waals surface area contributed by atoms with Gasteiger partial charge in [-0.25, -0.2) is 9.24 Å². The normalized spacial score (nSPS) is 29.2. The largest absolute Gasteiger partial charge is 0.370 e. The molecule has 4 heteroatoms. The summed E-state index contributed by atoms with van der Waals surface area (Å²) in [5, 5.41) is 0. The Morgan fingerprint density at radius 2 is 2.08 bits per heavy atom. The summed E-state index contributed by atoms with van der Waals surface area (Å²) in [6.07, 6.45) is 5.73. The molecule has 0 saturated carbocycles. The first-order chi connectivity index (χ1) is 11.5. The molecule has 1 fully saturated rings. The Kier molecular flexibility index (Phi) is 5.03. The van der Waals surface area contributed by atoms with E-state index in [9.17, 15) is 4.39 Å². The zero-order valence-corrected chi connectivity index (χ0v) is 14.5. The first kappa shape index (κ1) is 17.1. The van der Waals surface area contributed by atoms with E-state index in [1.165, 1.54) is 12.1 Å². The van der Waals surface area contributed by atoms with Crippen molar-refractivity contribution in [2.45, 2.75) is 31.3 Å². The number of nitrogens with zero attached hydrogens (tertiary/aromatic N) is 2. The van der Waals surface area contributed by atoms with E-state index in [0.29, 0.717) is 18.4 Å². The molecule has 1 saturated heterocycles. The Morgan fingerprint density at radius 3 is 2.75 bits per heavy atom. The lowest BCUT2D eigenvalue weighted by Gasteiger charge is -2.38. The van der Waals surface area contributed by atoms with Gasteiger partial charge in [-0.3, -0.25) is 0 Å². The maximum atomic E-state index is 13.4. The molecule has 128 valence electrons. The number of halogens is 1. The molecule has 24 heavy (non-hydrogen) atoms. The van der Waals surface area contributed by atoms with Gasteiger partial charge in [0.25, 0.3) is 0 Å². The number of allylic oxidation sites excluding steroid dienone is 2. The van der Waals surface area contributed by atoms with Crippen molar-refractivity contribution in [3.8, 4) is 0 Å². The Labute approximate surface area is 143 Å². The topological polar surface area (TPSA) is 16.8 Å². The maximum Gasteiger partial charge on any atom is 0.162 e. The summed E-state index contributed by atoms with van der Waals surface area (Å²) in [5.74, 6) is 0.551. The Bertz CT molecular complexity index is 647. The van der Waals surface area contributed by atoms with E-state index in [1.807, 2.05) is 12.1 Å². The SMILES string of the molecule is [C-]#[N+]C1=CCC2C(COC2(CCCN(C)C)c2ccc(F)cc2)C1. The lowest BCUT2D eigenvalue weighted by Crippen LogP contribution is -2.36. The summed E-state index contributed by atoms with van der Waals surface area (Å²) in [6, 6.07) is 6.81. The molecule has 1 aromatic rings. The van der Waals surface area contributed by atoms with E-state index in [2.05, 4.69) is 29.9 Å². The van der Waals surface area contributed by atoms with Crippen molar-refractivity contribution in [1.82, 2.24) is 4.90 Å². The van der Waals surface area contributed by atoms with Crippen molar-refractivity contribution >= 4 is 0 Å². The Morgan fingerprint density at radius 1 is 1.33 bits per heavy atom. The van der Waals surface area contributed by atoms with Crippen LogP contribution in [0.1, 0.15) is 31.2 Å². The molecular formula is C20H25FN2O. The van der Waals surface area contributed by atoms with Crippen LogP contribution in [-0.2, 0) is 10.3 Å². The van der Waals surface area contributed by atoms with Crippen molar-refractivity contribution < 1.29 is 9.13 Å². The van der Waals surface area contributed by atoms with Crippen molar-refractivity contribution in [1.29, 1.82) is 0 Å². The lowest BCUT2D eigenvalue weighted by atomic mass is 9.69. The number of fused-ring (bicyclic) bond motifs is 1. The molecule has 3 unspecified atom stereocenters. The molecule has 3 atom stereocenters. The summed E-state index contributed by atoms with van der Waals surface area (Å²) in [4.78, 5) is 5.81. The molecule has 0 amide bonds. The highest BCUT2D eigenvalue weighted by molar-refractivity contribution is 5.29. The number of hydrogen-bond donors (Lipinski definition) is 0. The van der Waals surface area contributed by atoms with Crippen LogP contribution in [0.5, 0.6) is 0 Å². The van der Waals surface area contributed by atoms with Crippen LogP contribution >= 0.6 is 0 Å². The predicted octanol–water partition coefficient (Wildman–Crippen LogP) is 4.22. The number of rotatable bonds is 5. The van der Waals surface area contributed by atoms with Crippen molar-refractivity contribution in [2.75, 3.05) is 27.2 Å². The van der Waals surface area contributed by atoms with E-state index >= 15 is 0 Å². The van der Waals surface area contributed by atoms with Gasteiger partial charge in [0.05, 0.1) is 18.8 Å². The molecular weight excluding hydrogens is 303 g/mol. The van der Waals surface area contributed by atoms with Crippen molar-refractivity contribution in [2.24, 2.45) is 11.8 Å². The molecule has 0 spiro atoms. The van der Waals surface area contributed by atoms with Gasteiger partial charge in [-0.15, -0.1) is 0 Å². The number of hydrogen-bond acceptors (Lipinski definition) is 2. The third-order valence-corrected chi connectivity index (χ3v) is 5.43. The van der Waals surface area contributed by atoms with E-state index < -0.39 is 0 Å². The summed E-state index contributed by atoms with van der Waals surface area (Å²) >= 11 is 0. The first-order valence-electron chi connectivity index (χ1n) is 8.66. The van der Waals surface area contributed by atoms with Crippen LogP contribution < -0.4 is 0 Å². The van der Waals surface area contributed by atoms with Crippen LogP contribution in [-0.4, -0.2) is 32.1 Å². The molecule has 3 rings (SSSR count). The quantitative estimate of drug-likeness (QED) is 0.753. The highest BCUT2D eigenvalue weighted by Crippen LogP contribution is 2.52. The third-order valence-electron chi connectivity index (χ3n) is 5.43. The second-order valence-electron chi connectivity index (χ2n) is 7.23. The van der Waals surface area contributed by atoms with E-state index in [-0.39, 0.29) is 11.4 Å². The molecule has 1 aromatic carbocycles. The van der Waals surface area contributed by atoms with Crippen LogP contribution in [0.2, 0.25) is 0 Å². The van der Waals surface area contributed by atoms with Crippen LogP contribution in [0.3, 0.4) is 0 Å². The highest BCUT2D eigenvalue weighted by atomic mass is 19.1. The Hall–Kier alpha value is -1.70. The van der Waals surface area contributed by atoms with Crippen molar-refractivity contribution in [3.05, 3.63) is 58.8 Å². The van der Waals surface area contributed by atoms with Gasteiger partial charge in [-0.1, -0.05) is 18.2 Å². The van der Waals surface area contributed by atoms with Gasteiger partial charge in [0.15, 0.2) is 5.70 Å². The third kappa shape index (κ3) is 3.24. The van der Waals surface area contributed by atoms with Gasteiger partial charge in [0, 0.05) is 0 Å². The summed E-state index contributed by atoms with van der Waals surface area (Å²) in [5.41, 5.74) is 1.59. The van der Waals surface area contributed by atoms with E-state index in [1.54, 1.807) is 0 Å². The van der Waals surface area contributed by atoms with Gasteiger partial charge in [-0.2, -0.15) is 0 Å². The molecule has 0 N–H and O–H groups in total. The lowest BCUT2D eigenvalue weighted by molar-refractivity contribution is -0.0361. The zero-order chi connectivity index (χ0) is 17.2. The van der Waals surface area contributed by atoms with Gasteiger partial charge in [0.2, 0.25) is 0 Å². The average molecular weight is 328 g/mol. The molecule has 3 nitrogen and oxygen atoms in total. The molecule has 0 aromatic heterocycles. The molecule has 1 aliphatic carbocycles. The summed E-state index contributed by atoms with van der Waals surface area (Å²) in [7, 11) is 4.16.